The summed E-state index contributed by atoms with van der Waals surface area (Å²) in [5, 5.41) is 1.68. The highest BCUT2D eigenvalue weighted by molar-refractivity contribution is 6.31. The second-order valence-corrected chi connectivity index (χ2v) is 6.64. The van der Waals surface area contributed by atoms with Gasteiger partial charge in [-0.05, 0) is 29.8 Å². The molecule has 10 heteroatoms. The monoisotopic (exact) mass is 426 g/mol. The number of nitrogens with two attached hydrogens (primary N) is 1. The van der Waals surface area contributed by atoms with Crippen molar-refractivity contribution >= 4 is 28.9 Å². The number of rotatable bonds is 3. The predicted octanol–water partition coefficient (Wildman–Crippen LogP) is 3.92. The third kappa shape index (κ3) is 4.73. The molecule has 2 aromatic rings. The lowest BCUT2D eigenvalue weighted by atomic mass is 10.0. The molecule has 0 bridgehead atoms. The number of aromatic nitrogens is 1. The topological polar surface area (TPSA) is 80.4 Å². The van der Waals surface area contributed by atoms with Gasteiger partial charge in [-0.3, -0.25) is 14.8 Å². The molecule has 152 valence electrons. The molecule has 29 heavy (non-hydrogen) atoms. The van der Waals surface area contributed by atoms with E-state index >= 15 is 0 Å². The van der Waals surface area contributed by atoms with Crippen LogP contribution in [0.3, 0.4) is 0 Å². The molecule has 1 fully saturated rings. The van der Waals surface area contributed by atoms with Crippen LogP contribution in [0, 0.1) is 5.82 Å². The van der Waals surface area contributed by atoms with E-state index in [1.54, 1.807) is 12.1 Å². The number of alkyl halides is 3. The van der Waals surface area contributed by atoms with Crippen LogP contribution in [0.1, 0.15) is 23.2 Å². The maximum atomic E-state index is 13.8. The van der Waals surface area contributed by atoms with Crippen molar-refractivity contribution in [3.05, 3.63) is 69.9 Å². The average Bonchev–Trinajstić information content (AvgIpc) is 2.64. The molecule has 1 saturated heterocycles. The minimum absolute atomic E-state index is 0.0596. The third-order valence-electron chi connectivity index (χ3n) is 4.21. The second-order valence-electron chi connectivity index (χ2n) is 6.26. The molecule has 1 aromatic carbocycles. The van der Waals surface area contributed by atoms with Crippen LogP contribution in [0.15, 0.2) is 47.2 Å². The number of amides is 1. The maximum absolute atomic E-state index is 13.8. The zero-order valence-corrected chi connectivity index (χ0v) is 15.6. The third-order valence-corrected chi connectivity index (χ3v) is 4.60. The largest absolute Gasteiger partial charge is 0.417 e. The number of carbonyl (C=O) groups is 1. The Morgan fingerprint density at radius 2 is 2.07 bits per heavy atom. The van der Waals surface area contributed by atoms with E-state index in [-0.39, 0.29) is 23.5 Å². The Hall–Kier alpha value is -2.94. The van der Waals surface area contributed by atoms with Crippen LogP contribution < -0.4 is 11.1 Å². The summed E-state index contributed by atoms with van der Waals surface area (Å²) < 4.78 is 53.0. The second kappa shape index (κ2) is 8.20. The molecular formula is C19H15ClF4N4O. The van der Waals surface area contributed by atoms with Gasteiger partial charge < -0.3 is 11.1 Å². The first-order chi connectivity index (χ1) is 13.7. The Labute approximate surface area is 168 Å². The number of nitrogens with one attached hydrogen (secondary N) is 1. The molecular weight excluding hydrogens is 412 g/mol. The number of hydrogen-bond donors (Lipinski definition) is 2. The lowest BCUT2D eigenvalue weighted by molar-refractivity contribution is -0.137. The van der Waals surface area contributed by atoms with E-state index in [9.17, 15) is 22.4 Å². The van der Waals surface area contributed by atoms with Gasteiger partial charge in [-0.1, -0.05) is 11.6 Å². The smallest absolute Gasteiger partial charge is 0.404 e. The minimum atomic E-state index is -4.78. The first kappa shape index (κ1) is 20.8. The molecule has 0 aliphatic carbocycles. The summed E-state index contributed by atoms with van der Waals surface area (Å²) in [6, 6.07) is 4.87. The molecule has 1 aliphatic heterocycles. The molecule has 3 N–H and O–H groups in total. The summed E-state index contributed by atoms with van der Waals surface area (Å²) in [5.41, 5.74) is 5.89. The highest BCUT2D eigenvalue weighted by Gasteiger charge is 2.35. The lowest BCUT2D eigenvalue weighted by Gasteiger charge is -2.17. The van der Waals surface area contributed by atoms with Crippen molar-refractivity contribution in [2.75, 3.05) is 6.54 Å². The summed E-state index contributed by atoms with van der Waals surface area (Å²) >= 11 is 5.45. The molecule has 5 nitrogen and oxygen atoms in total. The number of halogens is 5. The molecule has 1 aliphatic rings. The highest BCUT2D eigenvalue weighted by atomic mass is 35.5. The molecule has 0 atom stereocenters. The first-order valence-corrected chi connectivity index (χ1v) is 8.85. The van der Waals surface area contributed by atoms with E-state index in [1.165, 1.54) is 12.4 Å². The van der Waals surface area contributed by atoms with E-state index in [1.807, 2.05) is 0 Å². The zero-order chi connectivity index (χ0) is 21.2. The van der Waals surface area contributed by atoms with Crippen LogP contribution in [0.2, 0.25) is 5.02 Å². The van der Waals surface area contributed by atoms with Gasteiger partial charge in [0, 0.05) is 37.5 Å². The number of aliphatic imine (C=N–C) groups is 1. The molecule has 1 amide bonds. The number of piperidine rings is 1. The van der Waals surface area contributed by atoms with Crippen molar-refractivity contribution in [3.8, 4) is 0 Å². The normalized spacial score (nSPS) is 17.6. The van der Waals surface area contributed by atoms with E-state index in [0.29, 0.717) is 30.1 Å². The van der Waals surface area contributed by atoms with Gasteiger partial charge >= 0.3 is 6.18 Å². The van der Waals surface area contributed by atoms with Crippen LogP contribution >= 0.6 is 11.6 Å². The van der Waals surface area contributed by atoms with Crippen LogP contribution in [0.25, 0.3) is 0 Å². The fourth-order valence-corrected chi connectivity index (χ4v) is 3.11. The number of nitrogens with zero attached hydrogens (tertiary/aromatic N) is 2. The Morgan fingerprint density at radius 3 is 2.76 bits per heavy atom. The highest BCUT2D eigenvalue weighted by Crippen LogP contribution is 2.37. The number of hydrogen-bond acceptors (Lipinski definition) is 4. The van der Waals surface area contributed by atoms with Gasteiger partial charge in [0.25, 0.3) is 5.91 Å². The van der Waals surface area contributed by atoms with Gasteiger partial charge in [0.05, 0.1) is 27.6 Å². The average molecular weight is 427 g/mol. The number of benzene rings is 1. The first-order valence-electron chi connectivity index (χ1n) is 8.47. The van der Waals surface area contributed by atoms with Gasteiger partial charge in [-0.2, -0.15) is 13.2 Å². The Morgan fingerprint density at radius 1 is 1.31 bits per heavy atom. The molecule has 0 radical (unpaired) electrons. The van der Waals surface area contributed by atoms with Crippen molar-refractivity contribution < 1.29 is 22.4 Å². The predicted molar refractivity (Wildman–Crippen MR) is 100 cm³/mol. The fraction of sp³-hybridized carbons (Fsp3) is 0.211. The Bertz CT molecular complexity index is 1020. The van der Waals surface area contributed by atoms with Crippen molar-refractivity contribution in [1.82, 2.24) is 10.3 Å². The van der Waals surface area contributed by atoms with Gasteiger partial charge in [-0.25, -0.2) is 4.39 Å². The van der Waals surface area contributed by atoms with Crippen LogP contribution in [0.4, 0.5) is 23.2 Å². The van der Waals surface area contributed by atoms with Crippen molar-refractivity contribution in [3.63, 3.8) is 0 Å². The number of pyridine rings is 1. The van der Waals surface area contributed by atoms with Crippen LogP contribution in [0.5, 0.6) is 0 Å². The Kier molecular flexibility index (Phi) is 5.88. The van der Waals surface area contributed by atoms with E-state index < -0.39 is 22.6 Å². The Balaban J connectivity index is 1.91. The van der Waals surface area contributed by atoms with Gasteiger partial charge in [0.1, 0.15) is 5.82 Å². The summed E-state index contributed by atoms with van der Waals surface area (Å²) in [7, 11) is 0. The van der Waals surface area contributed by atoms with Crippen molar-refractivity contribution in [2.24, 2.45) is 10.7 Å². The molecule has 1 aromatic heterocycles. The molecule has 0 saturated carbocycles. The lowest BCUT2D eigenvalue weighted by Crippen LogP contribution is -2.36. The summed E-state index contributed by atoms with van der Waals surface area (Å²) in [6.07, 6.45) is -1.76. The van der Waals surface area contributed by atoms with E-state index in [2.05, 4.69) is 15.3 Å². The summed E-state index contributed by atoms with van der Waals surface area (Å²) in [4.78, 5) is 20.3. The minimum Gasteiger partial charge on any atom is -0.404 e. The fourth-order valence-electron chi connectivity index (χ4n) is 2.89. The molecule has 3 rings (SSSR count). The number of carbonyl (C=O) groups excluding carboxylic acids is 1. The van der Waals surface area contributed by atoms with Crippen LogP contribution in [-0.2, 0) is 17.4 Å². The standard InChI is InChI=1S/C19H15ClF4N4O/c20-17-14(19(22,23)24)6-10(7-15(17)21)5-12-8-11(1-3-26-12)28-16-2-4-27-18(29)13(16)9-25/h1,3,6-9H,2,4-5,25H2,(H,27,29)/b13-9+,28-16?. The maximum Gasteiger partial charge on any atom is 0.417 e. The zero-order valence-electron chi connectivity index (χ0n) is 14.9. The molecule has 0 spiro atoms. The van der Waals surface area contributed by atoms with Gasteiger partial charge in [-0.15, -0.1) is 0 Å². The molecule has 2 heterocycles. The van der Waals surface area contributed by atoms with Crippen molar-refractivity contribution in [1.29, 1.82) is 0 Å². The summed E-state index contributed by atoms with van der Waals surface area (Å²) in [5.74, 6) is -1.48. The van der Waals surface area contributed by atoms with Gasteiger partial charge in [0.2, 0.25) is 0 Å². The van der Waals surface area contributed by atoms with Crippen molar-refractivity contribution in [2.45, 2.75) is 19.0 Å². The van der Waals surface area contributed by atoms with Gasteiger partial charge in [0.15, 0.2) is 0 Å². The van der Waals surface area contributed by atoms with E-state index in [0.717, 1.165) is 12.1 Å². The molecule has 0 unspecified atom stereocenters. The summed E-state index contributed by atoms with van der Waals surface area (Å²) in [6.45, 7) is 0.414. The van der Waals surface area contributed by atoms with Crippen LogP contribution in [-0.4, -0.2) is 23.1 Å². The van der Waals surface area contributed by atoms with E-state index in [4.69, 9.17) is 17.3 Å². The SMILES string of the molecule is N/C=C1/C(=O)NCCC1=Nc1ccnc(Cc2cc(F)c(Cl)c(C(F)(F)F)c2)c1. The quantitative estimate of drug-likeness (QED) is 0.576.